The standard InChI is InChI=1S/C24H26ClN5O4S/c1-24(2,3)28-22(32)19(13-5-11-16(34-4)12-6-13)30(15-9-7-14(25)8-10-15)23(33)20-17(26)18(21(27)31)29-35-20/h5-12,19H,26H2,1-4H3,(H2,27,31)(H,28,32)/t19-/m1/s1. The Bertz CT molecular complexity index is 1240. The topological polar surface area (TPSA) is 141 Å². The molecule has 0 saturated heterocycles. The quantitative estimate of drug-likeness (QED) is 0.437. The van der Waals surface area contributed by atoms with Gasteiger partial charge >= 0.3 is 0 Å². The Labute approximate surface area is 212 Å². The fourth-order valence-corrected chi connectivity index (χ4v) is 4.23. The van der Waals surface area contributed by atoms with Gasteiger partial charge in [0, 0.05) is 16.2 Å². The van der Waals surface area contributed by atoms with Crippen LogP contribution < -0.4 is 26.4 Å². The molecule has 35 heavy (non-hydrogen) atoms. The van der Waals surface area contributed by atoms with Gasteiger partial charge in [-0.25, -0.2) is 0 Å². The van der Waals surface area contributed by atoms with E-state index in [-0.39, 0.29) is 16.3 Å². The summed E-state index contributed by atoms with van der Waals surface area (Å²) >= 11 is 6.82. The van der Waals surface area contributed by atoms with E-state index in [1.165, 1.54) is 12.0 Å². The van der Waals surface area contributed by atoms with E-state index in [4.69, 9.17) is 27.8 Å². The van der Waals surface area contributed by atoms with Crippen molar-refractivity contribution in [3.05, 3.63) is 69.7 Å². The highest BCUT2D eigenvalue weighted by atomic mass is 35.5. The minimum absolute atomic E-state index is 0.0178. The van der Waals surface area contributed by atoms with E-state index >= 15 is 0 Å². The molecule has 184 valence electrons. The summed E-state index contributed by atoms with van der Waals surface area (Å²) in [6, 6.07) is 12.1. The summed E-state index contributed by atoms with van der Waals surface area (Å²) in [6.07, 6.45) is 0. The Kier molecular flexibility index (Phi) is 7.67. The monoisotopic (exact) mass is 515 g/mol. The maximum Gasteiger partial charge on any atom is 0.273 e. The van der Waals surface area contributed by atoms with E-state index in [1.54, 1.807) is 48.5 Å². The smallest absolute Gasteiger partial charge is 0.273 e. The van der Waals surface area contributed by atoms with Crippen molar-refractivity contribution in [2.75, 3.05) is 17.7 Å². The molecule has 1 heterocycles. The lowest BCUT2D eigenvalue weighted by molar-refractivity contribution is -0.123. The first-order chi connectivity index (χ1) is 16.4. The van der Waals surface area contributed by atoms with Crippen LogP contribution in [0.3, 0.4) is 0 Å². The third kappa shape index (κ3) is 5.90. The number of hydrogen-bond acceptors (Lipinski definition) is 7. The number of methoxy groups -OCH3 is 1. The molecular weight excluding hydrogens is 490 g/mol. The van der Waals surface area contributed by atoms with Gasteiger partial charge < -0.3 is 21.5 Å². The molecule has 3 rings (SSSR count). The van der Waals surface area contributed by atoms with E-state index in [1.807, 2.05) is 20.8 Å². The summed E-state index contributed by atoms with van der Waals surface area (Å²) in [5.41, 5.74) is 11.4. The molecule has 0 bridgehead atoms. The SMILES string of the molecule is COc1ccc([C@H](C(=O)NC(C)(C)C)N(C(=O)c2snc(C(N)=O)c2N)c2ccc(Cl)cc2)cc1. The number of benzene rings is 2. The van der Waals surface area contributed by atoms with E-state index in [9.17, 15) is 14.4 Å². The summed E-state index contributed by atoms with van der Waals surface area (Å²) in [4.78, 5) is 40.5. The Morgan fingerprint density at radius 2 is 1.69 bits per heavy atom. The van der Waals surface area contributed by atoms with Crippen LogP contribution in [0, 0.1) is 0 Å². The summed E-state index contributed by atoms with van der Waals surface area (Å²) in [7, 11) is 1.53. The number of carbonyl (C=O) groups excluding carboxylic acids is 3. The molecular formula is C24H26ClN5O4S. The molecule has 0 aliphatic carbocycles. The van der Waals surface area contributed by atoms with Crippen molar-refractivity contribution >= 4 is 52.2 Å². The molecule has 2 aromatic carbocycles. The van der Waals surface area contributed by atoms with E-state index in [0.717, 1.165) is 11.5 Å². The number of hydrogen-bond donors (Lipinski definition) is 3. The molecule has 0 fully saturated rings. The summed E-state index contributed by atoms with van der Waals surface area (Å²) in [6.45, 7) is 5.51. The number of primary amides is 1. The molecule has 3 aromatic rings. The highest BCUT2D eigenvalue weighted by Crippen LogP contribution is 2.34. The van der Waals surface area contributed by atoms with Crippen molar-refractivity contribution in [1.82, 2.24) is 9.69 Å². The number of ether oxygens (including phenoxy) is 1. The van der Waals surface area contributed by atoms with Gasteiger partial charge in [-0.1, -0.05) is 23.7 Å². The van der Waals surface area contributed by atoms with Gasteiger partial charge in [-0.05, 0) is 74.3 Å². The molecule has 3 amide bonds. The molecule has 0 saturated carbocycles. The van der Waals surface area contributed by atoms with Crippen molar-refractivity contribution in [2.24, 2.45) is 5.73 Å². The second kappa shape index (κ2) is 10.3. The third-order valence-corrected chi connectivity index (χ3v) is 6.02. The van der Waals surface area contributed by atoms with Crippen LogP contribution in [0.25, 0.3) is 0 Å². The zero-order chi connectivity index (χ0) is 25.9. The van der Waals surface area contributed by atoms with Crippen LogP contribution in [-0.2, 0) is 4.79 Å². The maximum atomic E-state index is 13.9. The van der Waals surface area contributed by atoms with Gasteiger partial charge in [0.25, 0.3) is 11.8 Å². The van der Waals surface area contributed by atoms with Gasteiger partial charge in [-0.15, -0.1) is 0 Å². The summed E-state index contributed by atoms with van der Waals surface area (Å²) in [5.74, 6) is -1.32. The third-order valence-electron chi connectivity index (χ3n) is 4.92. The number of rotatable bonds is 7. The van der Waals surface area contributed by atoms with Crippen LogP contribution in [0.5, 0.6) is 5.75 Å². The number of aromatic nitrogens is 1. The lowest BCUT2D eigenvalue weighted by atomic mass is 10.00. The number of amides is 3. The molecule has 0 aliphatic heterocycles. The number of anilines is 2. The maximum absolute atomic E-state index is 13.9. The van der Waals surface area contributed by atoms with Crippen LogP contribution in [0.4, 0.5) is 11.4 Å². The number of nitrogen functional groups attached to an aromatic ring is 1. The molecule has 11 heteroatoms. The molecule has 0 spiro atoms. The Morgan fingerprint density at radius 1 is 1.09 bits per heavy atom. The minimum atomic E-state index is -1.10. The van der Waals surface area contributed by atoms with E-state index in [2.05, 4.69) is 9.69 Å². The number of carbonyl (C=O) groups is 3. The fraction of sp³-hybridized carbons (Fsp3) is 0.250. The predicted molar refractivity (Wildman–Crippen MR) is 137 cm³/mol. The minimum Gasteiger partial charge on any atom is -0.497 e. The normalized spacial score (nSPS) is 12.0. The lowest BCUT2D eigenvalue weighted by Crippen LogP contribution is -2.49. The second-order valence-electron chi connectivity index (χ2n) is 8.70. The first-order valence-corrected chi connectivity index (χ1v) is 11.7. The van der Waals surface area contributed by atoms with Crippen molar-refractivity contribution in [2.45, 2.75) is 32.4 Å². The van der Waals surface area contributed by atoms with Gasteiger partial charge in [0.2, 0.25) is 5.91 Å². The molecule has 0 radical (unpaired) electrons. The van der Waals surface area contributed by atoms with Gasteiger partial charge in [0.05, 0.1) is 12.8 Å². The van der Waals surface area contributed by atoms with Gasteiger partial charge in [-0.2, -0.15) is 4.37 Å². The van der Waals surface area contributed by atoms with E-state index < -0.39 is 29.3 Å². The molecule has 0 aliphatic rings. The van der Waals surface area contributed by atoms with Crippen LogP contribution >= 0.6 is 23.1 Å². The largest absolute Gasteiger partial charge is 0.497 e. The van der Waals surface area contributed by atoms with Crippen molar-refractivity contribution < 1.29 is 19.1 Å². The Hall–Kier alpha value is -3.63. The van der Waals surface area contributed by atoms with E-state index in [0.29, 0.717) is 22.0 Å². The van der Waals surface area contributed by atoms with Crippen molar-refractivity contribution in [3.8, 4) is 5.75 Å². The lowest BCUT2D eigenvalue weighted by Gasteiger charge is -2.33. The van der Waals surface area contributed by atoms with Crippen LogP contribution in [0.1, 0.15) is 52.5 Å². The number of halogens is 1. The first-order valence-electron chi connectivity index (χ1n) is 10.5. The highest BCUT2D eigenvalue weighted by Gasteiger charge is 2.37. The van der Waals surface area contributed by atoms with Crippen molar-refractivity contribution in [3.63, 3.8) is 0 Å². The van der Waals surface area contributed by atoms with Gasteiger partial charge in [0.1, 0.15) is 16.7 Å². The Morgan fingerprint density at radius 3 is 2.17 bits per heavy atom. The zero-order valence-electron chi connectivity index (χ0n) is 19.7. The number of nitrogens with one attached hydrogen (secondary N) is 1. The average Bonchev–Trinajstić information content (AvgIpc) is 3.18. The average molecular weight is 516 g/mol. The highest BCUT2D eigenvalue weighted by molar-refractivity contribution is 7.09. The second-order valence-corrected chi connectivity index (χ2v) is 9.91. The fourth-order valence-electron chi connectivity index (χ4n) is 3.37. The molecule has 1 atom stereocenters. The molecule has 9 nitrogen and oxygen atoms in total. The summed E-state index contributed by atoms with van der Waals surface area (Å²) < 4.78 is 9.19. The zero-order valence-corrected chi connectivity index (χ0v) is 21.2. The molecule has 1 aromatic heterocycles. The number of nitrogens with zero attached hydrogens (tertiary/aromatic N) is 2. The molecule has 0 unspecified atom stereocenters. The van der Waals surface area contributed by atoms with Crippen molar-refractivity contribution in [1.29, 1.82) is 0 Å². The predicted octanol–water partition coefficient (Wildman–Crippen LogP) is 3.79. The molecule has 5 N–H and O–H groups in total. The number of nitrogens with two attached hydrogens (primary N) is 2. The van der Waals surface area contributed by atoms with Gasteiger partial charge in [0.15, 0.2) is 5.69 Å². The van der Waals surface area contributed by atoms with Crippen LogP contribution in [0.2, 0.25) is 5.02 Å². The summed E-state index contributed by atoms with van der Waals surface area (Å²) in [5, 5.41) is 3.40. The van der Waals surface area contributed by atoms with Gasteiger partial charge in [-0.3, -0.25) is 19.3 Å². The first kappa shape index (κ1) is 26.0. The Balaban J connectivity index is 2.22. The van der Waals surface area contributed by atoms with Crippen LogP contribution in [0.15, 0.2) is 48.5 Å². The van der Waals surface area contributed by atoms with Crippen LogP contribution in [-0.4, -0.2) is 34.7 Å².